The predicted molar refractivity (Wildman–Crippen MR) is 111 cm³/mol. The lowest BCUT2D eigenvalue weighted by Gasteiger charge is -2.27. The summed E-state index contributed by atoms with van der Waals surface area (Å²) in [5.41, 5.74) is 1.05. The van der Waals surface area contributed by atoms with Crippen molar-refractivity contribution in [1.82, 2.24) is 9.62 Å². The Kier molecular flexibility index (Phi) is 6.96. The summed E-state index contributed by atoms with van der Waals surface area (Å²) in [6, 6.07) is 11.5. The zero-order valence-electron chi connectivity index (χ0n) is 17.3. The van der Waals surface area contributed by atoms with Crippen LogP contribution < -0.4 is 14.8 Å². The third-order valence-electron chi connectivity index (χ3n) is 4.97. The number of hydrogen-bond donors (Lipinski definition) is 1. The molecule has 1 aliphatic rings. The number of carbonyl (C=O) groups excluding carboxylic acids is 1. The molecule has 1 unspecified atom stereocenters. The number of nitrogens with zero attached hydrogens (tertiary/aromatic N) is 1. The number of sulfonamides is 1. The highest BCUT2D eigenvalue weighted by atomic mass is 32.2. The lowest BCUT2D eigenvalue weighted by atomic mass is 10.1. The molecule has 0 aliphatic carbocycles. The van der Waals surface area contributed by atoms with Gasteiger partial charge in [0.05, 0.1) is 33.5 Å². The van der Waals surface area contributed by atoms with Crippen LogP contribution in [0.15, 0.2) is 47.4 Å². The van der Waals surface area contributed by atoms with Crippen molar-refractivity contribution in [2.45, 2.75) is 17.9 Å². The number of benzene rings is 2. The van der Waals surface area contributed by atoms with Crippen LogP contribution in [0.4, 0.5) is 0 Å². The minimum atomic E-state index is -3.82. The molecule has 0 bridgehead atoms. The normalized spacial score (nSPS) is 16.0. The SMILES string of the molecule is COc1ccccc1C(C)NC(=O)c1ccc(OC)c(S(=O)(=O)N2CCOCC2)c1. The molecule has 162 valence electrons. The minimum absolute atomic E-state index is 0.0375. The topological polar surface area (TPSA) is 94.2 Å². The van der Waals surface area contributed by atoms with Crippen LogP contribution in [0.1, 0.15) is 28.9 Å². The maximum atomic E-state index is 13.1. The fourth-order valence-electron chi connectivity index (χ4n) is 3.33. The van der Waals surface area contributed by atoms with Crippen LogP contribution in [0.25, 0.3) is 0 Å². The Hall–Kier alpha value is -2.62. The molecule has 0 spiro atoms. The van der Waals surface area contributed by atoms with Gasteiger partial charge >= 0.3 is 0 Å². The molecule has 2 aromatic carbocycles. The fraction of sp³-hybridized carbons (Fsp3) is 0.381. The average molecular weight is 435 g/mol. The van der Waals surface area contributed by atoms with Gasteiger partial charge in [-0.25, -0.2) is 8.42 Å². The maximum absolute atomic E-state index is 13.1. The molecule has 3 rings (SSSR count). The molecule has 1 atom stereocenters. The summed E-state index contributed by atoms with van der Waals surface area (Å²) in [5.74, 6) is 0.459. The van der Waals surface area contributed by atoms with Gasteiger partial charge in [-0.05, 0) is 31.2 Å². The first kappa shape index (κ1) is 22.1. The molecule has 1 heterocycles. The third-order valence-corrected chi connectivity index (χ3v) is 6.89. The van der Waals surface area contributed by atoms with Gasteiger partial charge in [-0.15, -0.1) is 0 Å². The first-order chi connectivity index (χ1) is 14.4. The van der Waals surface area contributed by atoms with E-state index in [-0.39, 0.29) is 35.3 Å². The van der Waals surface area contributed by atoms with Gasteiger partial charge in [-0.3, -0.25) is 4.79 Å². The lowest BCUT2D eigenvalue weighted by Crippen LogP contribution is -2.40. The van der Waals surface area contributed by atoms with Crippen LogP contribution in [0.2, 0.25) is 0 Å². The Balaban J connectivity index is 1.87. The standard InChI is InChI=1S/C21H26N2O6S/c1-15(17-6-4-5-7-18(17)27-2)22-21(24)16-8-9-19(28-3)20(14-16)30(25,26)23-10-12-29-13-11-23/h4-9,14-15H,10-13H2,1-3H3,(H,22,24). The van der Waals surface area contributed by atoms with Gasteiger partial charge in [0, 0.05) is 24.2 Å². The zero-order valence-corrected chi connectivity index (χ0v) is 18.1. The van der Waals surface area contributed by atoms with Crippen molar-refractivity contribution in [1.29, 1.82) is 0 Å². The Labute approximate surface area is 176 Å². The third kappa shape index (κ3) is 4.58. The summed E-state index contributed by atoms with van der Waals surface area (Å²) in [6.07, 6.45) is 0. The monoisotopic (exact) mass is 434 g/mol. The average Bonchev–Trinajstić information content (AvgIpc) is 2.79. The Bertz CT molecular complexity index is 1000. The van der Waals surface area contributed by atoms with E-state index in [1.807, 2.05) is 31.2 Å². The highest BCUT2D eigenvalue weighted by Gasteiger charge is 2.30. The number of nitrogens with one attached hydrogen (secondary N) is 1. The molecule has 1 saturated heterocycles. The molecule has 0 radical (unpaired) electrons. The first-order valence-corrected chi connectivity index (χ1v) is 11.0. The van der Waals surface area contributed by atoms with Gasteiger partial charge in [0.15, 0.2) is 0 Å². The largest absolute Gasteiger partial charge is 0.496 e. The van der Waals surface area contributed by atoms with Crippen molar-refractivity contribution in [3.05, 3.63) is 53.6 Å². The maximum Gasteiger partial charge on any atom is 0.251 e. The molecule has 2 aromatic rings. The second kappa shape index (κ2) is 9.46. The quantitative estimate of drug-likeness (QED) is 0.718. The zero-order chi connectivity index (χ0) is 21.7. The van der Waals surface area contributed by atoms with Crippen LogP contribution >= 0.6 is 0 Å². The van der Waals surface area contributed by atoms with Crippen LogP contribution in [0.5, 0.6) is 11.5 Å². The highest BCUT2D eigenvalue weighted by molar-refractivity contribution is 7.89. The van der Waals surface area contributed by atoms with E-state index in [1.54, 1.807) is 13.2 Å². The lowest BCUT2D eigenvalue weighted by molar-refractivity contribution is 0.0729. The summed E-state index contributed by atoms with van der Waals surface area (Å²) in [4.78, 5) is 12.8. The number of rotatable bonds is 7. The molecule has 0 aromatic heterocycles. The molecule has 8 nitrogen and oxygen atoms in total. The molecule has 1 aliphatic heterocycles. The van der Waals surface area contributed by atoms with E-state index in [2.05, 4.69) is 5.32 Å². The Morgan fingerprint density at radius 1 is 1.07 bits per heavy atom. The molecular weight excluding hydrogens is 408 g/mol. The summed E-state index contributed by atoms with van der Waals surface area (Å²) in [7, 11) is -0.855. The molecule has 1 fully saturated rings. The van der Waals surface area contributed by atoms with E-state index in [9.17, 15) is 13.2 Å². The van der Waals surface area contributed by atoms with Crippen LogP contribution in [0.3, 0.4) is 0 Å². The number of morpholine rings is 1. The summed E-state index contributed by atoms with van der Waals surface area (Å²) in [5, 5.41) is 2.89. The smallest absolute Gasteiger partial charge is 0.251 e. The number of amides is 1. The second-order valence-corrected chi connectivity index (χ2v) is 8.73. The van der Waals surface area contributed by atoms with E-state index < -0.39 is 15.9 Å². The van der Waals surface area contributed by atoms with Crippen molar-refractivity contribution >= 4 is 15.9 Å². The van der Waals surface area contributed by atoms with E-state index in [1.165, 1.54) is 23.5 Å². The van der Waals surface area contributed by atoms with Gasteiger partial charge in [-0.1, -0.05) is 18.2 Å². The first-order valence-electron chi connectivity index (χ1n) is 9.58. The Morgan fingerprint density at radius 2 is 1.73 bits per heavy atom. The van der Waals surface area contributed by atoms with Crippen molar-refractivity contribution in [3.63, 3.8) is 0 Å². The van der Waals surface area contributed by atoms with Gasteiger partial charge in [-0.2, -0.15) is 4.31 Å². The molecular formula is C21H26N2O6S. The molecule has 1 amide bonds. The van der Waals surface area contributed by atoms with Gasteiger partial charge in [0.25, 0.3) is 5.91 Å². The molecule has 1 N–H and O–H groups in total. The van der Waals surface area contributed by atoms with Crippen molar-refractivity contribution < 1.29 is 27.4 Å². The van der Waals surface area contributed by atoms with Gasteiger partial charge < -0.3 is 19.5 Å². The number of para-hydroxylation sites is 1. The predicted octanol–water partition coefficient (Wildman–Crippen LogP) is 2.22. The van der Waals surface area contributed by atoms with Gasteiger partial charge in [0.1, 0.15) is 16.4 Å². The highest BCUT2D eigenvalue weighted by Crippen LogP contribution is 2.29. The van der Waals surface area contributed by atoms with Crippen molar-refractivity contribution in [2.24, 2.45) is 0 Å². The number of carbonyl (C=O) groups is 1. The molecule has 0 saturated carbocycles. The summed E-state index contributed by atoms with van der Waals surface area (Å²) < 4.78 is 43.4. The van der Waals surface area contributed by atoms with Crippen molar-refractivity contribution in [2.75, 3.05) is 40.5 Å². The minimum Gasteiger partial charge on any atom is -0.496 e. The fourth-order valence-corrected chi connectivity index (χ4v) is 4.92. The summed E-state index contributed by atoms with van der Waals surface area (Å²) >= 11 is 0. The van der Waals surface area contributed by atoms with E-state index in [4.69, 9.17) is 14.2 Å². The number of methoxy groups -OCH3 is 2. The van der Waals surface area contributed by atoms with E-state index in [0.717, 1.165) is 5.56 Å². The van der Waals surface area contributed by atoms with E-state index >= 15 is 0 Å². The molecule has 9 heteroatoms. The van der Waals surface area contributed by atoms with Crippen LogP contribution in [-0.2, 0) is 14.8 Å². The van der Waals surface area contributed by atoms with Crippen molar-refractivity contribution in [3.8, 4) is 11.5 Å². The number of ether oxygens (including phenoxy) is 3. The summed E-state index contributed by atoms with van der Waals surface area (Å²) in [6.45, 7) is 3.01. The van der Waals surface area contributed by atoms with Crippen LogP contribution in [0, 0.1) is 0 Å². The molecule has 30 heavy (non-hydrogen) atoms. The number of hydrogen-bond acceptors (Lipinski definition) is 6. The van der Waals surface area contributed by atoms with Gasteiger partial charge in [0.2, 0.25) is 10.0 Å². The van der Waals surface area contributed by atoms with E-state index in [0.29, 0.717) is 19.0 Å². The Morgan fingerprint density at radius 3 is 2.40 bits per heavy atom. The van der Waals surface area contributed by atoms with Crippen LogP contribution in [-0.4, -0.2) is 59.2 Å². The second-order valence-electron chi connectivity index (χ2n) is 6.82.